The summed E-state index contributed by atoms with van der Waals surface area (Å²) >= 11 is 4.17. The van der Waals surface area contributed by atoms with Crippen molar-refractivity contribution < 1.29 is 78.3 Å². The summed E-state index contributed by atoms with van der Waals surface area (Å²) in [7, 11) is 0. The summed E-state index contributed by atoms with van der Waals surface area (Å²) in [5, 5.41) is 64.4. The van der Waals surface area contributed by atoms with Gasteiger partial charge >= 0.3 is 11.9 Å². The number of nitrogens with one attached hydrogen (secondary N) is 7. The van der Waals surface area contributed by atoms with Crippen LogP contribution in [-0.4, -0.2) is 175 Å². The van der Waals surface area contributed by atoms with Gasteiger partial charge in [-0.15, -0.1) is 0 Å². The molecule has 0 bridgehead atoms. The van der Waals surface area contributed by atoms with Crippen LogP contribution in [-0.2, 0) is 59.2 Å². The maximum atomic E-state index is 14.1. The van der Waals surface area contributed by atoms with Crippen LogP contribution in [0.5, 0.6) is 5.75 Å². The maximum Gasteiger partial charge on any atom is 0.326 e. The van der Waals surface area contributed by atoms with Crippen molar-refractivity contribution in [3.8, 4) is 5.75 Å². The molecule has 26 nitrogen and oxygen atoms in total. The Balaban J connectivity index is 2.29. The number of carboxylic acid groups (broad SMARTS) is 2. The highest BCUT2D eigenvalue weighted by Crippen LogP contribution is 2.20. The van der Waals surface area contributed by atoms with Crippen molar-refractivity contribution in [1.29, 1.82) is 0 Å². The molecule has 0 aromatic heterocycles. The van der Waals surface area contributed by atoms with Gasteiger partial charge in [-0.05, 0) is 48.8 Å². The lowest BCUT2D eigenvalue weighted by Gasteiger charge is -2.31. The number of benzene rings is 1. The van der Waals surface area contributed by atoms with Gasteiger partial charge in [0.15, 0.2) is 0 Å². The number of aromatic hydroxyl groups is 1. The van der Waals surface area contributed by atoms with Crippen molar-refractivity contribution in [3.63, 3.8) is 0 Å². The molecule has 9 atom stereocenters. The maximum absolute atomic E-state index is 14.1. The molecular weight excluding hydrogens is 933 g/mol. The van der Waals surface area contributed by atoms with Crippen LogP contribution < -0.4 is 48.7 Å². The topological polar surface area (TPSA) is 428 Å². The Morgan fingerprint density at radius 2 is 1.20 bits per heavy atom. The van der Waals surface area contributed by atoms with Crippen LogP contribution in [0.4, 0.5) is 0 Å². The van der Waals surface area contributed by atoms with Crippen LogP contribution in [0.2, 0.25) is 0 Å². The summed E-state index contributed by atoms with van der Waals surface area (Å²) in [5.74, 6) is -13.2. The van der Waals surface area contributed by atoms with E-state index >= 15 is 0 Å². The summed E-state index contributed by atoms with van der Waals surface area (Å²) in [5.41, 5.74) is 11.7. The third kappa shape index (κ3) is 18.8. The fourth-order valence-electron chi connectivity index (χ4n) is 6.97. The molecule has 9 amide bonds. The Labute approximate surface area is 402 Å². The van der Waals surface area contributed by atoms with E-state index in [1.165, 1.54) is 38.1 Å². The van der Waals surface area contributed by atoms with Crippen LogP contribution in [0.3, 0.4) is 0 Å². The third-order valence-corrected chi connectivity index (χ3v) is 11.0. The molecule has 1 aliphatic heterocycles. The lowest BCUT2D eigenvalue weighted by atomic mass is 10.00. The van der Waals surface area contributed by atoms with E-state index in [1.54, 1.807) is 0 Å². The van der Waals surface area contributed by atoms with E-state index in [0.29, 0.717) is 5.56 Å². The van der Waals surface area contributed by atoms with Crippen molar-refractivity contribution in [3.05, 3.63) is 29.8 Å². The van der Waals surface area contributed by atoms with Gasteiger partial charge in [0.2, 0.25) is 53.2 Å². The molecule has 0 saturated carbocycles. The van der Waals surface area contributed by atoms with Crippen LogP contribution in [0.15, 0.2) is 24.3 Å². The van der Waals surface area contributed by atoms with Gasteiger partial charge in [0.25, 0.3) is 0 Å². The molecule has 1 aromatic carbocycles. The Morgan fingerprint density at radius 1 is 0.681 bits per heavy atom. The van der Waals surface area contributed by atoms with Gasteiger partial charge in [-0.1, -0.05) is 39.8 Å². The van der Waals surface area contributed by atoms with Gasteiger partial charge in [0.05, 0.1) is 32.1 Å². The fourth-order valence-corrected chi connectivity index (χ4v) is 7.23. The van der Waals surface area contributed by atoms with Crippen LogP contribution >= 0.6 is 12.6 Å². The van der Waals surface area contributed by atoms with Gasteiger partial charge in [-0.25, -0.2) is 4.79 Å². The predicted molar refractivity (Wildman–Crippen MR) is 244 cm³/mol. The van der Waals surface area contributed by atoms with Gasteiger partial charge in [0, 0.05) is 18.7 Å². The molecule has 384 valence electrons. The molecule has 0 spiro atoms. The highest BCUT2D eigenvalue weighted by molar-refractivity contribution is 7.80. The summed E-state index contributed by atoms with van der Waals surface area (Å²) in [6.07, 6.45) is -1.40. The highest BCUT2D eigenvalue weighted by atomic mass is 32.1. The molecular formula is C42H64N10O16S. The number of phenols is 1. The number of amides is 9. The number of primary amides is 1. The minimum absolute atomic E-state index is 0.0134. The summed E-state index contributed by atoms with van der Waals surface area (Å²) in [6.45, 7) is 4.59. The lowest BCUT2D eigenvalue weighted by Crippen LogP contribution is -2.62. The van der Waals surface area contributed by atoms with Crippen molar-refractivity contribution in [1.82, 2.24) is 42.1 Å². The second-order valence-corrected chi connectivity index (χ2v) is 17.4. The molecule has 0 radical (unpaired) electrons. The Morgan fingerprint density at radius 3 is 1.72 bits per heavy atom. The summed E-state index contributed by atoms with van der Waals surface area (Å²) < 4.78 is 0. The molecule has 9 unspecified atom stereocenters. The first-order chi connectivity index (χ1) is 32.3. The molecule has 1 aliphatic rings. The quantitative estimate of drug-likeness (QED) is 0.0349. The van der Waals surface area contributed by atoms with Gasteiger partial charge < -0.3 is 79.1 Å². The van der Waals surface area contributed by atoms with Crippen molar-refractivity contribution in [2.24, 2.45) is 23.3 Å². The largest absolute Gasteiger partial charge is 0.508 e. The molecule has 1 aromatic rings. The van der Waals surface area contributed by atoms with Crippen molar-refractivity contribution in [2.75, 3.05) is 25.5 Å². The Hall–Kier alpha value is -6.58. The standard InChI is InChI=1S/C42H64N10O16S/c1-19(2)12-23(43)34(59)45-25(14-31(44)56)35(60)50-29(18-69)38(63)46-24(13-21-7-9-22(55)10-8-21)36(61)51-33(20(3)4)40(65)49-28(17-54)41(66)52-11-5-6-30(52)39(64)48-27(16-53)37(62)47-26(42(67)68)15-32(57)58/h7-10,19-20,23-30,33,53-55,69H,5-6,11-18,43H2,1-4H3,(H2,44,56)(H,45,59)(H,46,63)(H,47,62)(H,48,64)(H,49,65)(H,50,60)(H,51,61)(H,57,58)(H,67,68). The van der Waals surface area contributed by atoms with Crippen molar-refractivity contribution >= 4 is 77.7 Å². The van der Waals surface area contributed by atoms with Crippen LogP contribution in [0, 0.1) is 11.8 Å². The van der Waals surface area contributed by atoms with E-state index in [4.69, 9.17) is 16.6 Å². The van der Waals surface area contributed by atoms with E-state index in [1.807, 2.05) is 19.2 Å². The van der Waals surface area contributed by atoms with Gasteiger partial charge in [0.1, 0.15) is 54.1 Å². The molecule has 69 heavy (non-hydrogen) atoms. The van der Waals surface area contributed by atoms with Crippen molar-refractivity contribution in [2.45, 2.75) is 121 Å². The smallest absolute Gasteiger partial charge is 0.326 e. The number of thiol groups is 1. The minimum Gasteiger partial charge on any atom is -0.508 e. The number of phenolic OH excluding ortho intramolecular Hbond substituents is 1. The number of carboxylic acids is 2. The van der Waals surface area contributed by atoms with Gasteiger partial charge in [-0.2, -0.15) is 12.6 Å². The number of carbonyl (C=O) groups is 11. The zero-order valence-electron chi connectivity index (χ0n) is 38.5. The number of nitrogens with zero attached hydrogens (tertiary/aromatic N) is 1. The second-order valence-electron chi connectivity index (χ2n) is 17.0. The number of likely N-dealkylation sites (tertiary alicyclic amines) is 1. The number of hydrogen-bond acceptors (Lipinski definition) is 16. The minimum atomic E-state index is -1.90. The molecule has 1 fully saturated rings. The monoisotopic (exact) mass is 996 g/mol. The number of nitrogens with two attached hydrogens (primary N) is 2. The Kier molecular flexibility index (Phi) is 23.8. The zero-order valence-corrected chi connectivity index (χ0v) is 39.4. The molecule has 0 aliphatic carbocycles. The number of carbonyl (C=O) groups excluding carboxylic acids is 9. The zero-order chi connectivity index (χ0) is 52.3. The number of aliphatic hydroxyl groups excluding tert-OH is 2. The predicted octanol–water partition coefficient (Wildman–Crippen LogP) is -5.30. The van der Waals surface area contributed by atoms with E-state index in [9.17, 15) is 73.2 Å². The van der Waals surface area contributed by atoms with E-state index in [-0.39, 0.29) is 49.6 Å². The SMILES string of the molecule is CC(C)CC(N)C(=O)NC(CC(N)=O)C(=O)NC(CS)C(=O)NC(Cc1ccc(O)cc1)C(=O)NC(C(=O)NC(CO)C(=O)N1CCCC1C(=O)NC(CO)C(=O)NC(CC(=O)O)C(=O)O)C(C)C. The van der Waals surface area contributed by atoms with Gasteiger partial charge in [-0.3, -0.25) is 47.9 Å². The number of aliphatic carboxylic acids is 2. The lowest BCUT2D eigenvalue weighted by molar-refractivity contribution is -0.147. The average molecular weight is 997 g/mol. The second kappa shape index (κ2) is 28.0. The number of hydrogen-bond donors (Lipinski definition) is 15. The summed E-state index contributed by atoms with van der Waals surface area (Å²) in [4.78, 5) is 143. The highest BCUT2D eigenvalue weighted by Gasteiger charge is 2.41. The first kappa shape index (κ1) is 58.5. The average Bonchev–Trinajstić information content (AvgIpc) is 3.77. The van der Waals surface area contributed by atoms with E-state index < -0.39 is 151 Å². The molecule has 1 heterocycles. The first-order valence-corrected chi connectivity index (χ1v) is 22.5. The fraction of sp³-hybridized carbons (Fsp3) is 0.595. The molecule has 16 N–H and O–H groups in total. The third-order valence-electron chi connectivity index (χ3n) is 10.6. The first-order valence-electron chi connectivity index (χ1n) is 21.9. The molecule has 27 heteroatoms. The molecule has 2 rings (SSSR count). The van der Waals surface area contributed by atoms with E-state index in [0.717, 1.165) is 4.90 Å². The van der Waals surface area contributed by atoms with Crippen LogP contribution in [0.25, 0.3) is 0 Å². The number of aliphatic hydroxyl groups is 2. The summed E-state index contributed by atoms with van der Waals surface area (Å²) in [6, 6.07) is -8.14. The Bertz CT molecular complexity index is 2030. The molecule has 1 saturated heterocycles. The number of rotatable bonds is 28. The normalized spacial score (nSPS) is 16.8. The van der Waals surface area contributed by atoms with E-state index in [2.05, 4.69) is 44.5 Å². The van der Waals surface area contributed by atoms with Crippen LogP contribution in [0.1, 0.15) is 65.4 Å².